The second-order valence-electron chi connectivity index (χ2n) is 4.93. The van der Waals surface area contributed by atoms with E-state index in [2.05, 4.69) is 39.9 Å². The molecule has 5 nitrogen and oxygen atoms in total. The van der Waals surface area contributed by atoms with E-state index in [4.69, 9.17) is 0 Å². The molecule has 0 aliphatic heterocycles. The molecule has 21 heavy (non-hydrogen) atoms. The first kappa shape index (κ1) is 15.4. The van der Waals surface area contributed by atoms with Crippen LogP contribution < -0.4 is 10.6 Å². The van der Waals surface area contributed by atoms with Gasteiger partial charge in [0.05, 0.1) is 0 Å². The van der Waals surface area contributed by atoms with Gasteiger partial charge in [-0.2, -0.15) is 0 Å². The van der Waals surface area contributed by atoms with Gasteiger partial charge < -0.3 is 10.6 Å². The lowest BCUT2D eigenvalue weighted by atomic mass is 10.2. The molecule has 0 saturated carbocycles. The lowest BCUT2D eigenvalue weighted by Crippen LogP contribution is -2.34. The van der Waals surface area contributed by atoms with Crippen LogP contribution >= 0.6 is 11.3 Å². The third-order valence-corrected chi connectivity index (χ3v) is 3.96. The lowest BCUT2D eigenvalue weighted by molar-refractivity contribution is 0.0934. The maximum atomic E-state index is 12.1. The van der Waals surface area contributed by atoms with E-state index in [-0.39, 0.29) is 11.9 Å². The van der Waals surface area contributed by atoms with Crippen molar-refractivity contribution in [2.45, 2.75) is 33.2 Å². The first-order valence-corrected chi connectivity index (χ1v) is 7.84. The number of hydrogen-bond donors (Lipinski definition) is 2. The summed E-state index contributed by atoms with van der Waals surface area (Å²) in [4.78, 5) is 14.6. The molecular weight excluding hydrogens is 284 g/mol. The molecule has 0 fully saturated rings. The van der Waals surface area contributed by atoms with Gasteiger partial charge >= 0.3 is 0 Å². The summed E-state index contributed by atoms with van der Waals surface area (Å²) in [5.74, 6) is 0.488. The van der Waals surface area contributed by atoms with Crippen LogP contribution in [0.5, 0.6) is 0 Å². The Morgan fingerprint density at radius 3 is 2.67 bits per heavy atom. The van der Waals surface area contributed by atoms with Gasteiger partial charge in [0.25, 0.3) is 5.91 Å². The van der Waals surface area contributed by atoms with Gasteiger partial charge in [-0.1, -0.05) is 0 Å². The predicted molar refractivity (Wildman–Crippen MR) is 85.9 cm³/mol. The van der Waals surface area contributed by atoms with Crippen LogP contribution in [-0.2, 0) is 6.42 Å². The summed E-state index contributed by atoms with van der Waals surface area (Å²) >= 11 is 1.76. The Morgan fingerprint density at radius 2 is 2.10 bits per heavy atom. The molecule has 1 atom stereocenters. The van der Waals surface area contributed by atoms with Crippen molar-refractivity contribution in [3.63, 3.8) is 0 Å². The smallest absolute Gasteiger partial charge is 0.272 e. The molecule has 0 aliphatic carbocycles. The van der Waals surface area contributed by atoms with Crippen LogP contribution in [0.1, 0.15) is 34.1 Å². The normalized spacial score (nSPS) is 12.0. The zero-order chi connectivity index (χ0) is 15.2. The molecule has 2 rings (SSSR count). The van der Waals surface area contributed by atoms with E-state index in [0.29, 0.717) is 11.5 Å². The third kappa shape index (κ3) is 4.53. The summed E-state index contributed by atoms with van der Waals surface area (Å²) in [6.07, 6.45) is 0.827. The number of nitrogens with zero attached hydrogens (tertiary/aromatic N) is 2. The van der Waals surface area contributed by atoms with Gasteiger partial charge in [-0.3, -0.25) is 4.79 Å². The quantitative estimate of drug-likeness (QED) is 0.861. The number of anilines is 1. The second kappa shape index (κ2) is 7.17. The van der Waals surface area contributed by atoms with Crippen molar-refractivity contribution in [2.24, 2.45) is 0 Å². The molecule has 112 valence electrons. The van der Waals surface area contributed by atoms with E-state index < -0.39 is 0 Å². The first-order chi connectivity index (χ1) is 10.1. The topological polar surface area (TPSA) is 66.9 Å². The molecule has 0 aliphatic rings. The maximum Gasteiger partial charge on any atom is 0.272 e. The molecule has 0 saturated heterocycles. The SMILES string of the molecule is CCNc1ccc(C(=O)NC(C)Cc2ccc(C)s2)nn1. The van der Waals surface area contributed by atoms with Crippen LogP contribution in [0.25, 0.3) is 0 Å². The Balaban J connectivity index is 1.90. The molecule has 0 spiro atoms. The fraction of sp³-hybridized carbons (Fsp3) is 0.400. The van der Waals surface area contributed by atoms with E-state index in [9.17, 15) is 4.79 Å². The molecule has 1 unspecified atom stereocenters. The Hall–Kier alpha value is -1.95. The number of amides is 1. The number of carbonyl (C=O) groups excluding carboxylic acids is 1. The molecule has 1 amide bonds. The standard InChI is InChI=1S/C15H20N4OS/c1-4-16-14-8-7-13(18-19-14)15(20)17-10(2)9-12-6-5-11(3)21-12/h5-8,10H,4,9H2,1-3H3,(H,16,19)(H,17,20). The van der Waals surface area contributed by atoms with E-state index in [1.54, 1.807) is 23.5 Å². The summed E-state index contributed by atoms with van der Waals surface area (Å²) in [6, 6.07) is 7.71. The number of nitrogens with one attached hydrogen (secondary N) is 2. The van der Waals surface area contributed by atoms with Crippen molar-refractivity contribution in [3.05, 3.63) is 39.7 Å². The highest BCUT2D eigenvalue weighted by Gasteiger charge is 2.12. The summed E-state index contributed by atoms with van der Waals surface area (Å²) in [6.45, 7) is 6.83. The Kier molecular flexibility index (Phi) is 5.27. The number of aromatic nitrogens is 2. The first-order valence-electron chi connectivity index (χ1n) is 7.02. The van der Waals surface area contributed by atoms with Crippen molar-refractivity contribution < 1.29 is 4.79 Å². The summed E-state index contributed by atoms with van der Waals surface area (Å²) < 4.78 is 0. The lowest BCUT2D eigenvalue weighted by Gasteiger charge is -2.12. The molecular formula is C15H20N4OS. The Labute approximate surface area is 128 Å². The van der Waals surface area contributed by atoms with E-state index in [1.807, 2.05) is 13.8 Å². The highest BCUT2D eigenvalue weighted by Crippen LogP contribution is 2.16. The van der Waals surface area contributed by atoms with Gasteiger partial charge in [0.2, 0.25) is 0 Å². The van der Waals surface area contributed by atoms with Gasteiger partial charge in [0, 0.05) is 28.8 Å². The molecule has 0 bridgehead atoms. The van der Waals surface area contributed by atoms with Crippen LogP contribution in [0.3, 0.4) is 0 Å². The van der Waals surface area contributed by atoms with E-state index in [1.165, 1.54) is 9.75 Å². The Morgan fingerprint density at radius 1 is 1.29 bits per heavy atom. The van der Waals surface area contributed by atoms with Gasteiger partial charge in [-0.15, -0.1) is 21.5 Å². The second-order valence-corrected chi connectivity index (χ2v) is 6.30. The minimum atomic E-state index is -0.189. The molecule has 2 aromatic rings. The zero-order valence-corrected chi connectivity index (χ0v) is 13.3. The average molecular weight is 304 g/mol. The van der Waals surface area contributed by atoms with Crippen molar-refractivity contribution in [3.8, 4) is 0 Å². The van der Waals surface area contributed by atoms with E-state index in [0.717, 1.165) is 13.0 Å². The molecule has 6 heteroatoms. The van der Waals surface area contributed by atoms with Crippen molar-refractivity contribution in [1.82, 2.24) is 15.5 Å². The highest BCUT2D eigenvalue weighted by molar-refractivity contribution is 7.11. The van der Waals surface area contributed by atoms with E-state index >= 15 is 0 Å². The zero-order valence-electron chi connectivity index (χ0n) is 12.5. The van der Waals surface area contributed by atoms with Gasteiger partial charge in [-0.05, 0) is 45.0 Å². The van der Waals surface area contributed by atoms with Crippen molar-refractivity contribution in [2.75, 3.05) is 11.9 Å². The maximum absolute atomic E-state index is 12.1. The number of hydrogen-bond acceptors (Lipinski definition) is 5. The van der Waals surface area contributed by atoms with Gasteiger partial charge in [0.1, 0.15) is 5.82 Å². The highest BCUT2D eigenvalue weighted by atomic mass is 32.1. The van der Waals surface area contributed by atoms with Crippen LogP contribution in [0.4, 0.5) is 5.82 Å². The monoisotopic (exact) mass is 304 g/mol. The fourth-order valence-electron chi connectivity index (χ4n) is 1.97. The average Bonchev–Trinajstić information content (AvgIpc) is 2.85. The van der Waals surface area contributed by atoms with Gasteiger partial charge in [0.15, 0.2) is 5.69 Å². The summed E-state index contributed by atoms with van der Waals surface area (Å²) in [5.41, 5.74) is 0.339. The largest absolute Gasteiger partial charge is 0.369 e. The predicted octanol–water partition coefficient (Wildman–Crippen LogP) is 2.64. The number of carbonyl (C=O) groups is 1. The molecule has 2 N–H and O–H groups in total. The molecule has 0 aromatic carbocycles. The molecule has 2 aromatic heterocycles. The van der Waals surface area contributed by atoms with Crippen LogP contribution in [-0.4, -0.2) is 28.7 Å². The number of thiophene rings is 1. The van der Waals surface area contributed by atoms with Gasteiger partial charge in [-0.25, -0.2) is 0 Å². The molecule has 2 heterocycles. The Bertz CT molecular complexity index is 594. The fourth-order valence-corrected chi connectivity index (χ4v) is 2.99. The number of rotatable bonds is 6. The third-order valence-electron chi connectivity index (χ3n) is 2.94. The van der Waals surface area contributed by atoms with Crippen LogP contribution in [0, 0.1) is 6.92 Å². The molecule has 0 radical (unpaired) electrons. The van der Waals surface area contributed by atoms with Crippen LogP contribution in [0.2, 0.25) is 0 Å². The number of aryl methyl sites for hydroxylation is 1. The minimum Gasteiger partial charge on any atom is -0.369 e. The van der Waals surface area contributed by atoms with Crippen LogP contribution in [0.15, 0.2) is 24.3 Å². The van der Waals surface area contributed by atoms with Crippen molar-refractivity contribution in [1.29, 1.82) is 0 Å². The summed E-state index contributed by atoms with van der Waals surface area (Å²) in [7, 11) is 0. The van der Waals surface area contributed by atoms with Crippen molar-refractivity contribution >= 4 is 23.1 Å². The summed E-state index contributed by atoms with van der Waals surface area (Å²) in [5, 5.41) is 13.9. The minimum absolute atomic E-state index is 0.0609.